The highest BCUT2D eigenvalue weighted by molar-refractivity contribution is 14.0. The molecule has 2 rings (SSSR count). The second-order valence-corrected chi connectivity index (χ2v) is 6.38. The highest BCUT2D eigenvalue weighted by atomic mass is 127. The average Bonchev–Trinajstić information content (AvgIpc) is 3.32. The van der Waals surface area contributed by atoms with Crippen molar-refractivity contribution in [2.45, 2.75) is 45.6 Å². The molecule has 0 bridgehead atoms. The first-order valence-corrected chi connectivity index (χ1v) is 8.40. The van der Waals surface area contributed by atoms with Crippen LogP contribution in [0.2, 0.25) is 0 Å². The molecule has 5 heteroatoms. The normalized spacial score (nSPS) is 16.1. The first kappa shape index (κ1) is 20.2. The zero-order valence-corrected chi connectivity index (χ0v) is 17.1. The Hall–Kier alpha value is -0.820. The molecule has 1 aromatic rings. The van der Waals surface area contributed by atoms with Crippen LogP contribution in [0, 0.1) is 5.92 Å². The van der Waals surface area contributed by atoms with E-state index in [1.807, 2.05) is 0 Å². The predicted octanol–water partition coefficient (Wildman–Crippen LogP) is 3.50. The summed E-state index contributed by atoms with van der Waals surface area (Å²) in [6, 6.07) is 6.93. The summed E-state index contributed by atoms with van der Waals surface area (Å²) in [5.74, 6) is 1.32. The molecule has 0 aliphatic heterocycles. The largest absolute Gasteiger partial charge is 0.370 e. The fourth-order valence-corrected chi connectivity index (χ4v) is 2.98. The van der Waals surface area contributed by atoms with Gasteiger partial charge in [0.2, 0.25) is 0 Å². The molecule has 0 aromatic heterocycles. The topological polar surface area (TPSA) is 53.6 Å². The van der Waals surface area contributed by atoms with Crippen molar-refractivity contribution in [2.75, 3.05) is 26.0 Å². The molecule has 0 heterocycles. The van der Waals surface area contributed by atoms with Crippen molar-refractivity contribution in [3.8, 4) is 0 Å². The monoisotopic (exact) mass is 430 g/mol. The summed E-state index contributed by atoms with van der Waals surface area (Å²) in [5, 5.41) is 3.34. The minimum absolute atomic E-state index is 0. The van der Waals surface area contributed by atoms with Crippen LogP contribution in [0.25, 0.3) is 0 Å². The molecule has 1 aliphatic rings. The number of anilines is 1. The van der Waals surface area contributed by atoms with E-state index in [0.29, 0.717) is 12.0 Å². The van der Waals surface area contributed by atoms with Crippen molar-refractivity contribution in [1.29, 1.82) is 0 Å². The third kappa shape index (κ3) is 5.64. The molecule has 130 valence electrons. The number of hydrogen-bond donors (Lipinski definition) is 2. The number of nitrogens with zero attached hydrogens (tertiary/aromatic N) is 2. The number of nitrogens with two attached hydrogens (primary N) is 1. The molecule has 0 spiro atoms. The molecule has 1 aromatic carbocycles. The van der Waals surface area contributed by atoms with E-state index in [-0.39, 0.29) is 24.0 Å². The van der Waals surface area contributed by atoms with Gasteiger partial charge in [-0.05, 0) is 56.8 Å². The summed E-state index contributed by atoms with van der Waals surface area (Å²) < 4.78 is 0. The van der Waals surface area contributed by atoms with Crippen LogP contribution in [0.4, 0.5) is 5.69 Å². The van der Waals surface area contributed by atoms with Gasteiger partial charge in [0.25, 0.3) is 0 Å². The lowest BCUT2D eigenvalue weighted by molar-refractivity contribution is 0.271. The summed E-state index contributed by atoms with van der Waals surface area (Å²) in [6.07, 6.45) is 4.63. The number of para-hydroxylation sites is 1. The van der Waals surface area contributed by atoms with Crippen LogP contribution in [0.3, 0.4) is 0 Å². The SMILES string of the molecule is CCc1cccc(CC)c1NC(N)=NCC(C1CC1)N(C)C.I. The number of benzene rings is 1. The molecule has 1 fully saturated rings. The van der Waals surface area contributed by atoms with Gasteiger partial charge in [-0.3, -0.25) is 4.99 Å². The van der Waals surface area contributed by atoms with Crippen molar-refractivity contribution < 1.29 is 0 Å². The number of likely N-dealkylation sites (N-methyl/N-ethyl adjacent to an activating group) is 1. The van der Waals surface area contributed by atoms with E-state index in [4.69, 9.17) is 5.73 Å². The third-order valence-electron chi connectivity index (χ3n) is 4.53. The standard InChI is InChI=1S/C18H30N4.HI/c1-5-13-8-7-9-14(6-2)17(13)21-18(19)20-12-16(22(3)4)15-10-11-15;/h7-9,15-16H,5-6,10-12H2,1-4H3,(H3,19,20,21);1H. The van der Waals surface area contributed by atoms with E-state index in [2.05, 4.69) is 61.4 Å². The van der Waals surface area contributed by atoms with E-state index >= 15 is 0 Å². The molecule has 1 saturated carbocycles. The van der Waals surface area contributed by atoms with Gasteiger partial charge in [0.1, 0.15) is 0 Å². The molecule has 0 saturated heterocycles. The molecular weight excluding hydrogens is 399 g/mol. The van der Waals surface area contributed by atoms with Crippen molar-refractivity contribution in [3.63, 3.8) is 0 Å². The van der Waals surface area contributed by atoms with Crippen LogP contribution >= 0.6 is 24.0 Å². The van der Waals surface area contributed by atoms with Crippen molar-refractivity contribution in [1.82, 2.24) is 4.90 Å². The second kappa shape index (κ2) is 9.47. The van der Waals surface area contributed by atoms with Gasteiger partial charge in [-0.15, -0.1) is 24.0 Å². The van der Waals surface area contributed by atoms with Gasteiger partial charge >= 0.3 is 0 Å². The quantitative estimate of drug-likeness (QED) is 0.396. The summed E-state index contributed by atoms with van der Waals surface area (Å²) in [7, 11) is 4.26. The van der Waals surface area contributed by atoms with Gasteiger partial charge in [0.15, 0.2) is 5.96 Å². The van der Waals surface area contributed by atoms with E-state index in [1.54, 1.807) is 0 Å². The zero-order valence-electron chi connectivity index (χ0n) is 14.8. The smallest absolute Gasteiger partial charge is 0.193 e. The van der Waals surface area contributed by atoms with Crippen LogP contribution < -0.4 is 11.1 Å². The Bertz CT molecular complexity index is 500. The molecule has 0 radical (unpaired) electrons. The molecule has 4 nitrogen and oxygen atoms in total. The van der Waals surface area contributed by atoms with E-state index in [0.717, 1.165) is 31.0 Å². The number of guanidine groups is 1. The maximum absolute atomic E-state index is 6.14. The molecular formula is C18H31IN4. The zero-order chi connectivity index (χ0) is 16.1. The van der Waals surface area contributed by atoms with Crippen molar-refractivity contribution >= 4 is 35.6 Å². The molecule has 1 atom stereocenters. The van der Waals surface area contributed by atoms with Crippen LogP contribution in [-0.4, -0.2) is 37.5 Å². The average molecular weight is 430 g/mol. The molecule has 1 aliphatic carbocycles. The van der Waals surface area contributed by atoms with Gasteiger partial charge in [-0.1, -0.05) is 32.0 Å². The van der Waals surface area contributed by atoms with E-state index in [1.165, 1.54) is 24.0 Å². The van der Waals surface area contributed by atoms with Gasteiger partial charge in [0, 0.05) is 11.7 Å². The third-order valence-corrected chi connectivity index (χ3v) is 4.53. The molecule has 0 amide bonds. The summed E-state index contributed by atoms with van der Waals surface area (Å²) in [6.45, 7) is 5.11. The van der Waals surface area contributed by atoms with Gasteiger partial charge in [0.05, 0.1) is 6.54 Å². The minimum atomic E-state index is 0. The van der Waals surface area contributed by atoms with Crippen LogP contribution in [-0.2, 0) is 12.8 Å². The Labute approximate surface area is 157 Å². The second-order valence-electron chi connectivity index (χ2n) is 6.38. The summed E-state index contributed by atoms with van der Waals surface area (Å²) >= 11 is 0. The number of aliphatic imine (C=N–C) groups is 1. The maximum atomic E-state index is 6.14. The van der Waals surface area contributed by atoms with Crippen molar-refractivity contribution in [2.24, 2.45) is 16.6 Å². The lowest BCUT2D eigenvalue weighted by Gasteiger charge is -2.22. The summed E-state index contributed by atoms with van der Waals surface area (Å²) in [4.78, 5) is 6.86. The minimum Gasteiger partial charge on any atom is -0.370 e. The number of nitrogens with one attached hydrogen (secondary N) is 1. The van der Waals surface area contributed by atoms with Gasteiger partial charge < -0.3 is 16.0 Å². The Morgan fingerprint density at radius 3 is 2.26 bits per heavy atom. The Morgan fingerprint density at radius 2 is 1.83 bits per heavy atom. The van der Waals surface area contributed by atoms with Crippen LogP contribution in [0.15, 0.2) is 23.2 Å². The van der Waals surface area contributed by atoms with Crippen LogP contribution in [0.5, 0.6) is 0 Å². The molecule has 23 heavy (non-hydrogen) atoms. The number of halogens is 1. The lowest BCUT2D eigenvalue weighted by Crippen LogP contribution is -2.34. The van der Waals surface area contributed by atoms with Gasteiger partial charge in [-0.25, -0.2) is 0 Å². The molecule has 1 unspecified atom stereocenters. The first-order chi connectivity index (χ1) is 10.6. The Kier molecular flexibility index (Phi) is 8.33. The Morgan fingerprint density at radius 1 is 1.26 bits per heavy atom. The summed E-state index contributed by atoms with van der Waals surface area (Å²) in [5.41, 5.74) is 9.87. The predicted molar refractivity (Wildman–Crippen MR) is 111 cm³/mol. The van der Waals surface area contributed by atoms with Crippen molar-refractivity contribution in [3.05, 3.63) is 29.3 Å². The highest BCUT2D eigenvalue weighted by Crippen LogP contribution is 2.34. The number of rotatable bonds is 7. The first-order valence-electron chi connectivity index (χ1n) is 8.40. The fourth-order valence-electron chi connectivity index (χ4n) is 2.98. The van der Waals surface area contributed by atoms with Gasteiger partial charge in [-0.2, -0.15) is 0 Å². The Balaban J connectivity index is 0.00000264. The van der Waals surface area contributed by atoms with E-state index in [9.17, 15) is 0 Å². The molecule has 3 N–H and O–H groups in total. The van der Waals surface area contributed by atoms with Crippen LogP contribution in [0.1, 0.15) is 37.8 Å². The fraction of sp³-hybridized carbons (Fsp3) is 0.611. The number of hydrogen-bond acceptors (Lipinski definition) is 2. The maximum Gasteiger partial charge on any atom is 0.193 e. The lowest BCUT2D eigenvalue weighted by atomic mass is 10.0. The number of aryl methyl sites for hydroxylation is 2. The highest BCUT2D eigenvalue weighted by Gasteiger charge is 2.32. The van der Waals surface area contributed by atoms with E-state index < -0.39 is 0 Å².